The van der Waals surface area contributed by atoms with Crippen molar-refractivity contribution in [2.45, 2.75) is 37.4 Å². The Kier molecular flexibility index (Phi) is 4.51. The zero-order chi connectivity index (χ0) is 8.81. The standard InChI is InChI=1S/C9H18N2S/c1-11-9(10)7-12-8-5-3-2-4-6-8/h8H,2-7H2,1H3,(H2,10,11). The number of amidine groups is 1. The molecule has 0 unspecified atom stereocenters. The number of aliphatic imine (C=N–C) groups is 1. The fraction of sp³-hybridized carbons (Fsp3) is 0.889. The average Bonchev–Trinajstić information content (AvgIpc) is 2.16. The Bertz CT molecular complexity index is 151. The molecule has 12 heavy (non-hydrogen) atoms. The molecule has 1 saturated carbocycles. The lowest BCUT2D eigenvalue weighted by atomic mass is 10.0. The summed E-state index contributed by atoms with van der Waals surface area (Å²) >= 11 is 1.97. The van der Waals surface area contributed by atoms with Crippen LogP contribution in [0.2, 0.25) is 0 Å². The molecule has 1 fully saturated rings. The third-order valence-corrected chi connectivity index (χ3v) is 3.71. The second-order valence-corrected chi connectivity index (χ2v) is 4.57. The highest BCUT2D eigenvalue weighted by Gasteiger charge is 2.13. The van der Waals surface area contributed by atoms with E-state index in [0.29, 0.717) is 0 Å². The van der Waals surface area contributed by atoms with Gasteiger partial charge in [0, 0.05) is 12.3 Å². The van der Waals surface area contributed by atoms with Crippen LogP contribution in [0.3, 0.4) is 0 Å². The lowest BCUT2D eigenvalue weighted by molar-refractivity contribution is 0.516. The van der Waals surface area contributed by atoms with Gasteiger partial charge in [-0.15, -0.1) is 0 Å². The third-order valence-electron chi connectivity index (χ3n) is 2.31. The fourth-order valence-electron chi connectivity index (χ4n) is 1.50. The van der Waals surface area contributed by atoms with Gasteiger partial charge in [0.1, 0.15) is 5.84 Å². The van der Waals surface area contributed by atoms with Crippen molar-refractivity contribution in [3.63, 3.8) is 0 Å². The minimum absolute atomic E-state index is 0.783. The van der Waals surface area contributed by atoms with Crippen molar-refractivity contribution < 1.29 is 0 Å². The van der Waals surface area contributed by atoms with Gasteiger partial charge in [0.05, 0.1) is 5.75 Å². The van der Waals surface area contributed by atoms with E-state index in [1.165, 1.54) is 32.1 Å². The molecule has 0 aromatic heterocycles. The van der Waals surface area contributed by atoms with Gasteiger partial charge in [-0.25, -0.2) is 0 Å². The minimum atomic E-state index is 0.783. The Morgan fingerprint density at radius 1 is 1.42 bits per heavy atom. The molecule has 0 bridgehead atoms. The highest BCUT2D eigenvalue weighted by Crippen LogP contribution is 2.27. The van der Waals surface area contributed by atoms with Crippen LogP contribution in [0.5, 0.6) is 0 Å². The van der Waals surface area contributed by atoms with Gasteiger partial charge in [-0.2, -0.15) is 11.8 Å². The van der Waals surface area contributed by atoms with Gasteiger partial charge in [-0.05, 0) is 12.8 Å². The SMILES string of the molecule is CN=C(N)CSC1CCCCC1. The van der Waals surface area contributed by atoms with Gasteiger partial charge in [0.15, 0.2) is 0 Å². The number of rotatable bonds is 3. The molecule has 70 valence electrons. The third kappa shape index (κ3) is 3.48. The Morgan fingerprint density at radius 2 is 2.08 bits per heavy atom. The summed E-state index contributed by atoms with van der Waals surface area (Å²) in [5.41, 5.74) is 5.62. The molecule has 1 aliphatic carbocycles. The first-order valence-corrected chi connectivity index (χ1v) is 5.70. The Hall–Kier alpha value is -0.180. The van der Waals surface area contributed by atoms with E-state index in [-0.39, 0.29) is 0 Å². The normalized spacial score (nSPS) is 21.2. The first-order chi connectivity index (χ1) is 5.83. The van der Waals surface area contributed by atoms with Crippen LogP contribution >= 0.6 is 11.8 Å². The molecule has 0 atom stereocenters. The number of hydrogen-bond acceptors (Lipinski definition) is 2. The highest BCUT2D eigenvalue weighted by molar-refractivity contribution is 8.00. The van der Waals surface area contributed by atoms with E-state index in [1.807, 2.05) is 11.8 Å². The Labute approximate surface area is 79.0 Å². The van der Waals surface area contributed by atoms with Crippen LogP contribution in [-0.4, -0.2) is 23.9 Å². The molecule has 0 spiro atoms. The lowest BCUT2D eigenvalue weighted by Gasteiger charge is -2.20. The van der Waals surface area contributed by atoms with Crippen LogP contribution in [0.1, 0.15) is 32.1 Å². The maximum atomic E-state index is 5.62. The predicted octanol–water partition coefficient (Wildman–Crippen LogP) is 2.04. The highest BCUT2D eigenvalue weighted by atomic mass is 32.2. The molecular weight excluding hydrogens is 168 g/mol. The molecule has 0 aromatic carbocycles. The molecule has 0 amide bonds. The summed E-state index contributed by atoms with van der Waals surface area (Å²) in [6.45, 7) is 0. The molecule has 1 rings (SSSR count). The summed E-state index contributed by atoms with van der Waals surface area (Å²) in [6.07, 6.45) is 6.99. The van der Waals surface area contributed by atoms with E-state index in [4.69, 9.17) is 5.73 Å². The molecule has 3 heteroatoms. The maximum absolute atomic E-state index is 5.62. The van der Waals surface area contributed by atoms with Crippen molar-refractivity contribution in [2.24, 2.45) is 10.7 Å². The van der Waals surface area contributed by atoms with Gasteiger partial charge in [0.2, 0.25) is 0 Å². The minimum Gasteiger partial charge on any atom is -0.387 e. The van der Waals surface area contributed by atoms with E-state index in [9.17, 15) is 0 Å². The number of nitrogens with zero attached hydrogens (tertiary/aromatic N) is 1. The van der Waals surface area contributed by atoms with Crippen LogP contribution in [0.4, 0.5) is 0 Å². The molecule has 2 N–H and O–H groups in total. The van der Waals surface area contributed by atoms with Gasteiger partial charge in [-0.1, -0.05) is 19.3 Å². The molecule has 0 saturated heterocycles. The van der Waals surface area contributed by atoms with Crippen molar-refractivity contribution >= 4 is 17.6 Å². The summed E-state index contributed by atoms with van der Waals surface area (Å²) in [5, 5.41) is 0.846. The summed E-state index contributed by atoms with van der Waals surface area (Å²) in [6, 6.07) is 0. The number of thioether (sulfide) groups is 1. The van der Waals surface area contributed by atoms with E-state index in [2.05, 4.69) is 4.99 Å². The van der Waals surface area contributed by atoms with Crippen molar-refractivity contribution in [3.05, 3.63) is 0 Å². The largest absolute Gasteiger partial charge is 0.387 e. The van der Waals surface area contributed by atoms with E-state index < -0.39 is 0 Å². The Balaban J connectivity index is 2.13. The van der Waals surface area contributed by atoms with E-state index in [0.717, 1.165) is 16.8 Å². The van der Waals surface area contributed by atoms with Crippen LogP contribution < -0.4 is 5.73 Å². The predicted molar refractivity (Wildman–Crippen MR) is 56.9 cm³/mol. The van der Waals surface area contributed by atoms with Gasteiger partial charge < -0.3 is 5.73 Å². The summed E-state index contributed by atoms with van der Waals surface area (Å²) in [5.74, 6) is 1.70. The number of hydrogen-bond donors (Lipinski definition) is 1. The monoisotopic (exact) mass is 186 g/mol. The first kappa shape index (κ1) is 9.90. The van der Waals surface area contributed by atoms with Crippen LogP contribution in [0, 0.1) is 0 Å². The van der Waals surface area contributed by atoms with Crippen LogP contribution in [0.25, 0.3) is 0 Å². The molecule has 0 radical (unpaired) electrons. The van der Waals surface area contributed by atoms with Crippen LogP contribution in [-0.2, 0) is 0 Å². The van der Waals surface area contributed by atoms with Gasteiger partial charge >= 0.3 is 0 Å². The second kappa shape index (κ2) is 5.46. The summed E-state index contributed by atoms with van der Waals surface area (Å²) < 4.78 is 0. The zero-order valence-electron chi connectivity index (χ0n) is 7.75. The smallest absolute Gasteiger partial charge is 0.103 e. The first-order valence-electron chi connectivity index (χ1n) is 4.65. The second-order valence-electron chi connectivity index (χ2n) is 3.29. The topological polar surface area (TPSA) is 38.4 Å². The quantitative estimate of drug-likeness (QED) is 0.541. The maximum Gasteiger partial charge on any atom is 0.103 e. The van der Waals surface area contributed by atoms with Crippen molar-refractivity contribution in [1.29, 1.82) is 0 Å². The van der Waals surface area contributed by atoms with Gasteiger partial charge in [-0.3, -0.25) is 4.99 Å². The average molecular weight is 186 g/mol. The lowest BCUT2D eigenvalue weighted by Crippen LogP contribution is -2.18. The molecule has 2 nitrogen and oxygen atoms in total. The van der Waals surface area contributed by atoms with Gasteiger partial charge in [0.25, 0.3) is 0 Å². The number of nitrogens with two attached hydrogens (primary N) is 1. The Morgan fingerprint density at radius 3 is 2.67 bits per heavy atom. The summed E-state index contributed by atoms with van der Waals surface area (Å²) in [4.78, 5) is 3.95. The fourth-order valence-corrected chi connectivity index (χ4v) is 2.70. The zero-order valence-corrected chi connectivity index (χ0v) is 8.57. The molecular formula is C9H18N2S. The van der Waals surface area contributed by atoms with E-state index >= 15 is 0 Å². The van der Waals surface area contributed by atoms with Crippen LogP contribution in [0.15, 0.2) is 4.99 Å². The van der Waals surface area contributed by atoms with Crippen molar-refractivity contribution in [2.75, 3.05) is 12.8 Å². The van der Waals surface area contributed by atoms with Crippen molar-refractivity contribution in [3.8, 4) is 0 Å². The summed E-state index contributed by atoms with van der Waals surface area (Å²) in [7, 11) is 1.76. The molecule has 0 aliphatic heterocycles. The molecule has 0 heterocycles. The molecule has 1 aliphatic rings. The van der Waals surface area contributed by atoms with E-state index in [1.54, 1.807) is 7.05 Å². The van der Waals surface area contributed by atoms with Crippen molar-refractivity contribution in [1.82, 2.24) is 0 Å². The molecule has 0 aromatic rings.